The van der Waals surface area contributed by atoms with Crippen molar-refractivity contribution in [3.63, 3.8) is 0 Å². The summed E-state index contributed by atoms with van der Waals surface area (Å²) in [6.45, 7) is 9.05. The Balaban J connectivity index is 1.66. The van der Waals surface area contributed by atoms with Crippen molar-refractivity contribution in [2.75, 3.05) is 6.54 Å². The van der Waals surface area contributed by atoms with Crippen LogP contribution in [0.15, 0.2) is 72.7 Å². The number of carbonyl (C=O) groups is 1. The van der Waals surface area contributed by atoms with Crippen molar-refractivity contribution in [3.05, 3.63) is 73.1 Å². The maximum absolute atomic E-state index is 12.7. The lowest BCUT2D eigenvalue weighted by Gasteiger charge is -2.18. The second-order valence-electron chi connectivity index (χ2n) is 6.96. The van der Waals surface area contributed by atoms with Gasteiger partial charge in [0, 0.05) is 37.0 Å². The Morgan fingerprint density at radius 2 is 1.93 bits per heavy atom. The van der Waals surface area contributed by atoms with E-state index in [1.54, 1.807) is 18.5 Å². The van der Waals surface area contributed by atoms with Crippen LogP contribution in [0.3, 0.4) is 0 Å². The molecule has 1 amide bonds. The van der Waals surface area contributed by atoms with Crippen LogP contribution in [0.4, 0.5) is 0 Å². The summed E-state index contributed by atoms with van der Waals surface area (Å²) < 4.78 is 1.97. The number of carbonyl (C=O) groups excluding carboxylic acids is 1. The second-order valence-corrected chi connectivity index (χ2v) is 8.27. The first-order valence-electron chi connectivity index (χ1n) is 10.1. The van der Waals surface area contributed by atoms with Gasteiger partial charge in [0.2, 0.25) is 5.91 Å². The van der Waals surface area contributed by atoms with Gasteiger partial charge in [0.25, 0.3) is 0 Å². The summed E-state index contributed by atoms with van der Waals surface area (Å²) in [5.74, 6) is 1.03. The van der Waals surface area contributed by atoms with Gasteiger partial charge >= 0.3 is 0 Å². The zero-order valence-electron chi connectivity index (χ0n) is 17.4. The highest BCUT2D eigenvalue weighted by molar-refractivity contribution is 8.00. The zero-order chi connectivity index (χ0) is 21.3. The van der Waals surface area contributed by atoms with Crippen LogP contribution < -0.4 is 5.32 Å². The molecule has 0 unspecified atom stereocenters. The first-order valence-corrected chi connectivity index (χ1v) is 11.0. The lowest BCUT2D eigenvalue weighted by molar-refractivity contribution is -0.120. The fourth-order valence-electron chi connectivity index (χ4n) is 3.19. The monoisotopic (exact) mass is 421 g/mol. The summed E-state index contributed by atoms with van der Waals surface area (Å²) >= 11 is 1.40. The molecule has 30 heavy (non-hydrogen) atoms. The lowest BCUT2D eigenvalue weighted by atomic mass is 9.96. The van der Waals surface area contributed by atoms with E-state index in [2.05, 4.69) is 46.1 Å². The summed E-state index contributed by atoms with van der Waals surface area (Å²) in [5.41, 5.74) is 2.17. The highest BCUT2D eigenvalue weighted by Gasteiger charge is 2.21. The number of amides is 1. The van der Waals surface area contributed by atoms with Gasteiger partial charge in [-0.05, 0) is 31.0 Å². The molecule has 0 saturated heterocycles. The Morgan fingerprint density at radius 1 is 1.20 bits per heavy atom. The molecular weight excluding hydrogens is 394 g/mol. The lowest BCUT2D eigenvalue weighted by Crippen LogP contribution is -2.34. The third-order valence-electron chi connectivity index (χ3n) is 4.90. The third kappa shape index (κ3) is 5.36. The average molecular weight is 422 g/mol. The molecule has 3 aromatic rings. The van der Waals surface area contributed by atoms with Crippen molar-refractivity contribution >= 4 is 17.7 Å². The summed E-state index contributed by atoms with van der Waals surface area (Å²) in [6, 6.07) is 14.1. The first-order chi connectivity index (χ1) is 14.6. The molecule has 7 heteroatoms. The molecule has 2 atom stereocenters. The molecule has 0 bridgehead atoms. The molecule has 2 heterocycles. The van der Waals surface area contributed by atoms with E-state index in [1.165, 1.54) is 17.3 Å². The van der Waals surface area contributed by atoms with E-state index < -0.39 is 0 Å². The van der Waals surface area contributed by atoms with Gasteiger partial charge in [-0.15, -0.1) is 16.8 Å². The summed E-state index contributed by atoms with van der Waals surface area (Å²) in [4.78, 5) is 16.8. The van der Waals surface area contributed by atoms with Crippen molar-refractivity contribution in [2.45, 2.75) is 43.1 Å². The van der Waals surface area contributed by atoms with Crippen molar-refractivity contribution in [1.29, 1.82) is 0 Å². The van der Waals surface area contributed by atoms with Crippen LogP contribution >= 0.6 is 11.8 Å². The maximum Gasteiger partial charge on any atom is 0.233 e. The molecule has 1 aromatic carbocycles. The van der Waals surface area contributed by atoms with Crippen LogP contribution in [0.1, 0.15) is 31.7 Å². The first kappa shape index (κ1) is 21.8. The largest absolute Gasteiger partial charge is 0.355 e. The van der Waals surface area contributed by atoms with Gasteiger partial charge in [-0.2, -0.15) is 0 Å². The van der Waals surface area contributed by atoms with Gasteiger partial charge < -0.3 is 5.32 Å². The minimum Gasteiger partial charge on any atom is -0.355 e. The number of rotatable bonds is 10. The summed E-state index contributed by atoms with van der Waals surface area (Å²) in [5, 5.41) is 12.1. The number of aromatic nitrogens is 4. The molecule has 0 saturated carbocycles. The van der Waals surface area contributed by atoms with E-state index >= 15 is 0 Å². The fourth-order valence-corrected chi connectivity index (χ4v) is 4.07. The standard InChI is InChI=1S/C23H27N5OS/c1-4-15-28-21(20-11-13-24-14-12-20)26-27-23(28)30-17(3)22(29)25-16-18(5-2)19-9-7-6-8-10-19/h4,6-14,17-18H,1,5,15-16H2,2-3H3,(H,25,29)/t17-,18-/m0/s1. The molecule has 6 nitrogen and oxygen atoms in total. The average Bonchev–Trinajstić information content (AvgIpc) is 3.17. The summed E-state index contributed by atoms with van der Waals surface area (Å²) in [7, 11) is 0. The molecule has 0 aliphatic carbocycles. The Bertz CT molecular complexity index is 958. The molecule has 3 rings (SSSR count). The SMILES string of the molecule is C=CCn1c(S[C@@H](C)C(=O)NC[C@H](CC)c2ccccc2)nnc1-c1ccncc1. The van der Waals surface area contributed by atoms with Crippen LogP contribution in [0, 0.1) is 0 Å². The van der Waals surface area contributed by atoms with Crippen molar-refractivity contribution in [1.82, 2.24) is 25.1 Å². The second kappa shape index (κ2) is 10.7. The maximum atomic E-state index is 12.7. The Hall–Kier alpha value is -2.93. The molecule has 0 radical (unpaired) electrons. The molecule has 1 N–H and O–H groups in total. The fraction of sp³-hybridized carbons (Fsp3) is 0.304. The van der Waals surface area contributed by atoms with Gasteiger partial charge in [-0.3, -0.25) is 14.3 Å². The number of allylic oxidation sites excluding steroid dienone is 1. The van der Waals surface area contributed by atoms with E-state index in [0.29, 0.717) is 24.2 Å². The quantitative estimate of drug-likeness (QED) is 0.390. The number of thioether (sulfide) groups is 1. The summed E-state index contributed by atoms with van der Waals surface area (Å²) in [6.07, 6.45) is 6.22. The van der Waals surface area contributed by atoms with Crippen LogP contribution in [0.2, 0.25) is 0 Å². The van der Waals surface area contributed by atoms with Gasteiger partial charge in [-0.25, -0.2) is 0 Å². The van der Waals surface area contributed by atoms with Gasteiger partial charge in [0.1, 0.15) is 0 Å². The Morgan fingerprint density at radius 3 is 2.60 bits per heavy atom. The molecule has 156 valence electrons. The molecule has 0 spiro atoms. The highest BCUT2D eigenvalue weighted by Crippen LogP contribution is 2.27. The van der Waals surface area contributed by atoms with E-state index in [-0.39, 0.29) is 11.2 Å². The number of hydrogen-bond donors (Lipinski definition) is 1. The minimum absolute atomic E-state index is 0.00649. The minimum atomic E-state index is -0.295. The smallest absolute Gasteiger partial charge is 0.233 e. The van der Waals surface area contributed by atoms with Crippen LogP contribution in [-0.2, 0) is 11.3 Å². The van der Waals surface area contributed by atoms with Crippen molar-refractivity contribution in [2.24, 2.45) is 0 Å². The third-order valence-corrected chi connectivity index (χ3v) is 5.99. The number of nitrogens with zero attached hydrogens (tertiary/aromatic N) is 4. The predicted molar refractivity (Wildman–Crippen MR) is 121 cm³/mol. The Kier molecular flexibility index (Phi) is 7.79. The number of pyridine rings is 1. The normalized spacial score (nSPS) is 12.9. The molecule has 0 aliphatic heterocycles. The van der Waals surface area contributed by atoms with E-state index in [4.69, 9.17) is 0 Å². The van der Waals surface area contributed by atoms with Crippen LogP contribution in [0.25, 0.3) is 11.4 Å². The van der Waals surface area contributed by atoms with Gasteiger partial charge in [0.05, 0.1) is 5.25 Å². The topological polar surface area (TPSA) is 72.7 Å². The van der Waals surface area contributed by atoms with Gasteiger partial charge in [0.15, 0.2) is 11.0 Å². The number of hydrogen-bond acceptors (Lipinski definition) is 5. The van der Waals surface area contributed by atoms with Crippen LogP contribution in [0.5, 0.6) is 0 Å². The van der Waals surface area contributed by atoms with Crippen molar-refractivity contribution in [3.8, 4) is 11.4 Å². The molecular formula is C23H27N5OS. The molecule has 2 aromatic heterocycles. The van der Waals surface area contributed by atoms with Crippen LogP contribution in [-0.4, -0.2) is 37.5 Å². The van der Waals surface area contributed by atoms with Crippen molar-refractivity contribution < 1.29 is 4.79 Å². The number of nitrogens with one attached hydrogen (secondary N) is 1. The molecule has 0 aliphatic rings. The van der Waals surface area contributed by atoms with E-state index in [1.807, 2.05) is 41.8 Å². The van der Waals surface area contributed by atoms with E-state index in [9.17, 15) is 4.79 Å². The zero-order valence-corrected chi connectivity index (χ0v) is 18.2. The highest BCUT2D eigenvalue weighted by atomic mass is 32.2. The number of benzene rings is 1. The Labute approximate surface area is 181 Å². The van der Waals surface area contributed by atoms with E-state index in [0.717, 1.165) is 17.8 Å². The molecule has 0 fully saturated rings. The predicted octanol–water partition coefficient (Wildman–Crippen LogP) is 4.32. The van der Waals surface area contributed by atoms with Gasteiger partial charge in [-0.1, -0.05) is 55.1 Å².